The van der Waals surface area contributed by atoms with E-state index in [4.69, 9.17) is 4.74 Å². The van der Waals surface area contributed by atoms with E-state index in [1.54, 1.807) is 18.2 Å². The van der Waals surface area contributed by atoms with Crippen LogP contribution in [0.2, 0.25) is 0 Å². The standard InChI is InChI=1S/C13H21N3O3S/c1-10-9-14-12-8-11(4-5-13(12)19-10)20(17,18)15-6-7-16(2)3/h4-5,8,10,14-15H,6-7,9H2,1-3H3. The van der Waals surface area contributed by atoms with Crippen molar-refractivity contribution in [3.05, 3.63) is 18.2 Å². The monoisotopic (exact) mass is 299 g/mol. The molecule has 1 heterocycles. The Bertz CT molecular complexity index is 572. The molecule has 0 radical (unpaired) electrons. The minimum atomic E-state index is -3.48. The highest BCUT2D eigenvalue weighted by molar-refractivity contribution is 7.89. The molecule has 0 bridgehead atoms. The largest absolute Gasteiger partial charge is 0.487 e. The molecule has 1 atom stereocenters. The lowest BCUT2D eigenvalue weighted by molar-refractivity contribution is 0.226. The number of nitrogens with zero attached hydrogens (tertiary/aromatic N) is 1. The van der Waals surface area contributed by atoms with E-state index in [-0.39, 0.29) is 11.0 Å². The van der Waals surface area contributed by atoms with Crippen molar-refractivity contribution < 1.29 is 13.2 Å². The van der Waals surface area contributed by atoms with E-state index in [1.807, 2.05) is 25.9 Å². The third-order valence-corrected chi connectivity index (χ3v) is 4.48. The first-order valence-corrected chi connectivity index (χ1v) is 8.06. The van der Waals surface area contributed by atoms with Crippen molar-refractivity contribution in [2.24, 2.45) is 0 Å². The summed E-state index contributed by atoms with van der Waals surface area (Å²) in [5, 5.41) is 3.17. The van der Waals surface area contributed by atoms with Crippen molar-refractivity contribution >= 4 is 15.7 Å². The highest BCUT2D eigenvalue weighted by Crippen LogP contribution is 2.31. The van der Waals surface area contributed by atoms with Gasteiger partial charge < -0.3 is 15.0 Å². The Hall–Kier alpha value is -1.31. The highest BCUT2D eigenvalue weighted by atomic mass is 32.2. The SMILES string of the molecule is CC1CNc2cc(S(=O)(=O)NCCN(C)C)ccc2O1. The van der Waals surface area contributed by atoms with Gasteiger partial charge in [0, 0.05) is 13.1 Å². The van der Waals surface area contributed by atoms with Gasteiger partial charge in [0.1, 0.15) is 11.9 Å². The number of nitrogens with one attached hydrogen (secondary N) is 2. The Labute approximate surface area is 120 Å². The van der Waals surface area contributed by atoms with Gasteiger partial charge in [-0.25, -0.2) is 13.1 Å². The van der Waals surface area contributed by atoms with Crippen LogP contribution in [0.1, 0.15) is 6.92 Å². The minimum absolute atomic E-state index is 0.0863. The molecule has 2 rings (SSSR count). The van der Waals surface area contributed by atoms with E-state index in [0.29, 0.717) is 25.4 Å². The summed E-state index contributed by atoms with van der Waals surface area (Å²) >= 11 is 0. The number of rotatable bonds is 5. The molecular formula is C13H21N3O3S. The molecule has 1 aromatic rings. The van der Waals surface area contributed by atoms with Gasteiger partial charge in [0.25, 0.3) is 0 Å². The Balaban J connectivity index is 2.12. The quantitative estimate of drug-likeness (QED) is 0.838. The molecule has 112 valence electrons. The second kappa shape index (κ2) is 5.99. The molecule has 0 fully saturated rings. The average Bonchev–Trinajstić information content (AvgIpc) is 2.37. The normalized spacial score (nSPS) is 18.3. The van der Waals surface area contributed by atoms with Crippen LogP contribution in [0.4, 0.5) is 5.69 Å². The minimum Gasteiger partial charge on any atom is -0.487 e. The zero-order valence-electron chi connectivity index (χ0n) is 12.0. The molecule has 6 nitrogen and oxygen atoms in total. The van der Waals surface area contributed by atoms with E-state index in [0.717, 1.165) is 5.69 Å². The number of hydrogen-bond acceptors (Lipinski definition) is 5. The predicted octanol–water partition coefficient (Wildman–Crippen LogP) is 0.719. The predicted molar refractivity (Wildman–Crippen MR) is 78.8 cm³/mol. The van der Waals surface area contributed by atoms with Crippen LogP contribution in [-0.2, 0) is 10.0 Å². The number of fused-ring (bicyclic) bond motifs is 1. The van der Waals surface area contributed by atoms with Crippen LogP contribution in [0, 0.1) is 0 Å². The lowest BCUT2D eigenvalue weighted by atomic mass is 10.2. The van der Waals surface area contributed by atoms with Crippen LogP contribution in [0.15, 0.2) is 23.1 Å². The van der Waals surface area contributed by atoms with Crippen molar-refractivity contribution in [3.63, 3.8) is 0 Å². The van der Waals surface area contributed by atoms with E-state index < -0.39 is 10.0 Å². The lowest BCUT2D eigenvalue weighted by Crippen LogP contribution is -2.32. The molecule has 0 spiro atoms. The summed E-state index contributed by atoms with van der Waals surface area (Å²) in [5.74, 6) is 0.691. The van der Waals surface area contributed by atoms with Gasteiger partial charge in [-0.05, 0) is 39.2 Å². The maximum Gasteiger partial charge on any atom is 0.240 e. The van der Waals surface area contributed by atoms with Gasteiger partial charge in [-0.1, -0.05) is 0 Å². The number of benzene rings is 1. The maximum absolute atomic E-state index is 12.2. The van der Waals surface area contributed by atoms with Gasteiger partial charge in [-0.3, -0.25) is 0 Å². The first kappa shape index (κ1) is 15.1. The second-order valence-electron chi connectivity index (χ2n) is 5.17. The second-order valence-corrected chi connectivity index (χ2v) is 6.94. The third kappa shape index (κ3) is 3.62. The van der Waals surface area contributed by atoms with Crippen LogP contribution < -0.4 is 14.8 Å². The van der Waals surface area contributed by atoms with Crippen molar-refractivity contribution in [2.75, 3.05) is 39.0 Å². The van der Waals surface area contributed by atoms with Gasteiger partial charge in [0.2, 0.25) is 10.0 Å². The van der Waals surface area contributed by atoms with Crippen molar-refractivity contribution in [1.29, 1.82) is 0 Å². The molecule has 1 aliphatic heterocycles. The van der Waals surface area contributed by atoms with Crippen molar-refractivity contribution in [3.8, 4) is 5.75 Å². The van der Waals surface area contributed by atoms with Crippen LogP contribution in [-0.4, -0.2) is 53.2 Å². The van der Waals surface area contributed by atoms with Gasteiger partial charge in [0.05, 0.1) is 17.1 Å². The van der Waals surface area contributed by atoms with E-state index in [9.17, 15) is 8.42 Å². The fourth-order valence-electron chi connectivity index (χ4n) is 1.92. The molecule has 0 aliphatic carbocycles. The van der Waals surface area contributed by atoms with E-state index in [2.05, 4.69) is 10.0 Å². The van der Waals surface area contributed by atoms with Crippen LogP contribution in [0.5, 0.6) is 5.75 Å². The first-order valence-electron chi connectivity index (χ1n) is 6.57. The molecule has 7 heteroatoms. The fourth-order valence-corrected chi connectivity index (χ4v) is 2.96. The number of hydrogen-bond donors (Lipinski definition) is 2. The number of likely N-dealkylation sites (N-methyl/N-ethyl adjacent to an activating group) is 1. The Morgan fingerprint density at radius 2 is 2.20 bits per heavy atom. The number of anilines is 1. The molecule has 0 saturated heterocycles. The van der Waals surface area contributed by atoms with Gasteiger partial charge in [0.15, 0.2) is 0 Å². The summed E-state index contributed by atoms with van der Waals surface area (Å²) < 4.78 is 32.5. The molecule has 0 saturated carbocycles. The zero-order chi connectivity index (χ0) is 14.8. The van der Waals surface area contributed by atoms with Gasteiger partial charge in [-0.15, -0.1) is 0 Å². The van der Waals surface area contributed by atoms with Gasteiger partial charge >= 0.3 is 0 Å². The molecule has 0 amide bonds. The van der Waals surface area contributed by atoms with E-state index in [1.165, 1.54) is 0 Å². The smallest absolute Gasteiger partial charge is 0.240 e. The van der Waals surface area contributed by atoms with Crippen molar-refractivity contribution in [1.82, 2.24) is 9.62 Å². The summed E-state index contributed by atoms with van der Waals surface area (Å²) in [6, 6.07) is 4.87. The molecule has 1 unspecified atom stereocenters. The third-order valence-electron chi connectivity index (χ3n) is 3.02. The summed E-state index contributed by atoms with van der Waals surface area (Å²) in [4.78, 5) is 2.17. The zero-order valence-corrected chi connectivity index (χ0v) is 12.8. The molecule has 1 aromatic carbocycles. The Morgan fingerprint density at radius 1 is 1.45 bits per heavy atom. The lowest BCUT2D eigenvalue weighted by Gasteiger charge is -2.25. The van der Waals surface area contributed by atoms with Gasteiger partial charge in [-0.2, -0.15) is 0 Å². The summed E-state index contributed by atoms with van der Waals surface area (Å²) in [6.07, 6.45) is 0.0863. The molecular weight excluding hydrogens is 278 g/mol. The number of sulfonamides is 1. The van der Waals surface area contributed by atoms with Crippen molar-refractivity contribution in [2.45, 2.75) is 17.9 Å². The molecule has 20 heavy (non-hydrogen) atoms. The summed E-state index contributed by atoms with van der Waals surface area (Å²) in [5.41, 5.74) is 0.721. The summed E-state index contributed by atoms with van der Waals surface area (Å²) in [7, 11) is 0.322. The Kier molecular flexibility index (Phi) is 4.52. The van der Waals surface area contributed by atoms with Crippen LogP contribution in [0.25, 0.3) is 0 Å². The molecule has 1 aliphatic rings. The topological polar surface area (TPSA) is 70.7 Å². The van der Waals surface area contributed by atoms with E-state index >= 15 is 0 Å². The van der Waals surface area contributed by atoms with Crippen LogP contribution in [0.3, 0.4) is 0 Å². The Morgan fingerprint density at radius 3 is 2.90 bits per heavy atom. The molecule has 0 aromatic heterocycles. The number of ether oxygens (including phenoxy) is 1. The average molecular weight is 299 g/mol. The summed E-state index contributed by atoms with van der Waals surface area (Å²) in [6.45, 7) is 3.67. The maximum atomic E-state index is 12.2. The first-order chi connectivity index (χ1) is 9.38. The van der Waals surface area contributed by atoms with Crippen LogP contribution >= 0.6 is 0 Å². The molecule has 2 N–H and O–H groups in total. The fraction of sp³-hybridized carbons (Fsp3) is 0.538. The highest BCUT2D eigenvalue weighted by Gasteiger charge is 2.20.